The largest absolute Gasteiger partial charge is 0.396 e. The van der Waals surface area contributed by atoms with Crippen molar-refractivity contribution in [1.82, 2.24) is 0 Å². The van der Waals surface area contributed by atoms with E-state index in [4.69, 9.17) is 5.11 Å². The molecule has 116 valence electrons. The highest BCUT2D eigenvalue weighted by molar-refractivity contribution is 7.12. The van der Waals surface area contributed by atoms with Gasteiger partial charge in [0, 0.05) is 17.9 Å². The van der Waals surface area contributed by atoms with Crippen LogP contribution < -0.4 is 5.32 Å². The molecule has 0 saturated carbocycles. The Morgan fingerprint density at radius 2 is 1.74 bits per heavy atom. The summed E-state index contributed by atoms with van der Waals surface area (Å²) in [7, 11) is 0. The molecule has 3 rings (SSSR count). The molecule has 1 amide bonds. The Balaban J connectivity index is 1.78. The first-order chi connectivity index (χ1) is 11.3. The number of carbonyl (C=O) groups is 1. The van der Waals surface area contributed by atoms with E-state index < -0.39 is 0 Å². The minimum absolute atomic E-state index is 0.103. The molecule has 2 N–H and O–H groups in total. The highest BCUT2D eigenvalue weighted by Crippen LogP contribution is 2.28. The molecular formula is C19H17NO2S. The first-order valence-corrected chi connectivity index (χ1v) is 8.30. The lowest BCUT2D eigenvalue weighted by molar-refractivity contribution is 0.103. The summed E-state index contributed by atoms with van der Waals surface area (Å²) < 4.78 is 0. The molecule has 1 heterocycles. The second-order valence-corrected chi connectivity index (χ2v) is 6.07. The molecule has 0 unspecified atom stereocenters. The van der Waals surface area contributed by atoms with E-state index in [1.54, 1.807) is 0 Å². The zero-order valence-corrected chi connectivity index (χ0v) is 13.3. The van der Waals surface area contributed by atoms with Gasteiger partial charge in [-0.1, -0.05) is 42.5 Å². The van der Waals surface area contributed by atoms with Gasteiger partial charge in [-0.15, -0.1) is 11.3 Å². The predicted octanol–water partition coefficient (Wildman–Crippen LogP) is 4.20. The molecule has 4 heteroatoms. The van der Waals surface area contributed by atoms with Crippen LogP contribution in [0.25, 0.3) is 11.1 Å². The van der Waals surface area contributed by atoms with Gasteiger partial charge in [0.15, 0.2) is 0 Å². The molecule has 0 radical (unpaired) electrons. The zero-order chi connectivity index (χ0) is 16.1. The van der Waals surface area contributed by atoms with Crippen molar-refractivity contribution in [2.75, 3.05) is 11.9 Å². The molecule has 2 aromatic carbocycles. The number of thiophene rings is 1. The fourth-order valence-corrected chi connectivity index (χ4v) is 3.21. The summed E-state index contributed by atoms with van der Waals surface area (Å²) in [6.45, 7) is 0.126. The molecule has 0 spiro atoms. The predicted molar refractivity (Wildman–Crippen MR) is 94.9 cm³/mol. The standard InChI is InChI=1S/C19H17NO2S/c21-12-10-14-6-8-16(9-7-14)20-19(22)18-17(11-13-23-18)15-4-2-1-3-5-15/h1-9,11,13,21H,10,12H2,(H,20,22). The second kappa shape index (κ2) is 7.22. The number of amides is 1. The number of aliphatic hydroxyl groups is 1. The van der Waals surface area contributed by atoms with E-state index in [1.807, 2.05) is 66.0 Å². The van der Waals surface area contributed by atoms with Crippen molar-refractivity contribution >= 4 is 22.9 Å². The number of rotatable bonds is 5. The van der Waals surface area contributed by atoms with E-state index >= 15 is 0 Å². The van der Waals surface area contributed by atoms with Crippen LogP contribution in [0.1, 0.15) is 15.2 Å². The Morgan fingerprint density at radius 3 is 2.43 bits per heavy atom. The maximum Gasteiger partial charge on any atom is 0.266 e. The number of hydrogen-bond acceptors (Lipinski definition) is 3. The van der Waals surface area contributed by atoms with Crippen LogP contribution in [0.4, 0.5) is 5.69 Å². The number of carbonyl (C=O) groups excluding carboxylic acids is 1. The number of nitrogens with one attached hydrogen (secondary N) is 1. The Labute approximate surface area is 139 Å². The third-order valence-electron chi connectivity index (χ3n) is 3.57. The van der Waals surface area contributed by atoms with Crippen molar-refractivity contribution in [3.63, 3.8) is 0 Å². The molecular weight excluding hydrogens is 306 g/mol. The first kappa shape index (κ1) is 15.5. The van der Waals surface area contributed by atoms with Crippen LogP contribution in [0.15, 0.2) is 66.0 Å². The van der Waals surface area contributed by atoms with Crippen molar-refractivity contribution in [2.24, 2.45) is 0 Å². The minimum atomic E-state index is -0.103. The topological polar surface area (TPSA) is 49.3 Å². The van der Waals surface area contributed by atoms with Crippen LogP contribution >= 0.6 is 11.3 Å². The SMILES string of the molecule is O=C(Nc1ccc(CCO)cc1)c1sccc1-c1ccccc1. The van der Waals surface area contributed by atoms with Crippen LogP contribution in [0.5, 0.6) is 0 Å². The minimum Gasteiger partial charge on any atom is -0.396 e. The van der Waals surface area contributed by atoms with E-state index in [-0.39, 0.29) is 12.5 Å². The number of benzene rings is 2. The summed E-state index contributed by atoms with van der Waals surface area (Å²) in [5.41, 5.74) is 3.79. The lowest BCUT2D eigenvalue weighted by atomic mass is 10.1. The molecule has 0 fully saturated rings. The molecule has 3 nitrogen and oxygen atoms in total. The highest BCUT2D eigenvalue weighted by Gasteiger charge is 2.14. The van der Waals surface area contributed by atoms with Gasteiger partial charge in [-0.3, -0.25) is 4.79 Å². The fraction of sp³-hybridized carbons (Fsp3) is 0.105. The molecule has 0 aliphatic carbocycles. The van der Waals surface area contributed by atoms with Crippen LogP contribution in [0.3, 0.4) is 0 Å². The van der Waals surface area contributed by atoms with E-state index in [9.17, 15) is 4.79 Å². The van der Waals surface area contributed by atoms with Gasteiger partial charge >= 0.3 is 0 Å². The average molecular weight is 323 g/mol. The van der Waals surface area contributed by atoms with Gasteiger partial charge in [-0.05, 0) is 41.1 Å². The normalized spacial score (nSPS) is 10.5. The van der Waals surface area contributed by atoms with Crippen molar-refractivity contribution in [3.05, 3.63) is 76.5 Å². The Hall–Kier alpha value is -2.43. The van der Waals surface area contributed by atoms with E-state index in [2.05, 4.69) is 5.32 Å². The Bertz CT molecular complexity index is 779. The van der Waals surface area contributed by atoms with Gasteiger partial charge < -0.3 is 10.4 Å². The average Bonchev–Trinajstić information content (AvgIpc) is 3.07. The van der Waals surface area contributed by atoms with Crippen LogP contribution in [0, 0.1) is 0 Å². The summed E-state index contributed by atoms with van der Waals surface area (Å²) in [6.07, 6.45) is 0.622. The maximum absolute atomic E-state index is 12.5. The van der Waals surface area contributed by atoms with Crippen LogP contribution in [-0.4, -0.2) is 17.6 Å². The van der Waals surface area contributed by atoms with Gasteiger partial charge in [-0.25, -0.2) is 0 Å². The lowest BCUT2D eigenvalue weighted by Crippen LogP contribution is -2.11. The van der Waals surface area contributed by atoms with Gasteiger partial charge in [-0.2, -0.15) is 0 Å². The summed E-state index contributed by atoms with van der Waals surface area (Å²) >= 11 is 1.44. The van der Waals surface area contributed by atoms with Crippen LogP contribution in [0.2, 0.25) is 0 Å². The summed E-state index contributed by atoms with van der Waals surface area (Å²) in [5, 5.41) is 13.8. The van der Waals surface area contributed by atoms with Crippen molar-refractivity contribution in [3.8, 4) is 11.1 Å². The molecule has 0 bridgehead atoms. The van der Waals surface area contributed by atoms with Crippen molar-refractivity contribution in [1.29, 1.82) is 0 Å². The highest BCUT2D eigenvalue weighted by atomic mass is 32.1. The monoisotopic (exact) mass is 323 g/mol. The van der Waals surface area contributed by atoms with Gasteiger partial charge in [0.25, 0.3) is 5.91 Å². The summed E-state index contributed by atoms with van der Waals surface area (Å²) in [5.74, 6) is -0.103. The molecule has 3 aromatic rings. The van der Waals surface area contributed by atoms with Crippen molar-refractivity contribution in [2.45, 2.75) is 6.42 Å². The second-order valence-electron chi connectivity index (χ2n) is 5.15. The fourth-order valence-electron chi connectivity index (χ4n) is 2.40. The molecule has 0 aliphatic rings. The summed E-state index contributed by atoms with van der Waals surface area (Å²) in [6, 6.07) is 19.4. The number of anilines is 1. The van der Waals surface area contributed by atoms with Gasteiger partial charge in [0.05, 0.1) is 4.88 Å². The van der Waals surface area contributed by atoms with E-state index in [0.29, 0.717) is 11.3 Å². The van der Waals surface area contributed by atoms with Gasteiger partial charge in [0.2, 0.25) is 0 Å². The molecule has 0 aliphatic heterocycles. The Morgan fingerprint density at radius 1 is 1.00 bits per heavy atom. The summed E-state index contributed by atoms with van der Waals surface area (Å²) in [4.78, 5) is 13.2. The molecule has 23 heavy (non-hydrogen) atoms. The smallest absolute Gasteiger partial charge is 0.266 e. The third-order valence-corrected chi connectivity index (χ3v) is 4.48. The molecule has 1 aromatic heterocycles. The van der Waals surface area contributed by atoms with Crippen molar-refractivity contribution < 1.29 is 9.90 Å². The molecule has 0 saturated heterocycles. The first-order valence-electron chi connectivity index (χ1n) is 7.42. The zero-order valence-electron chi connectivity index (χ0n) is 12.5. The van der Waals surface area contributed by atoms with Crippen LogP contribution in [-0.2, 0) is 6.42 Å². The lowest BCUT2D eigenvalue weighted by Gasteiger charge is -2.07. The molecule has 0 atom stereocenters. The quantitative estimate of drug-likeness (QED) is 0.739. The number of hydrogen-bond donors (Lipinski definition) is 2. The Kier molecular flexibility index (Phi) is 4.86. The van der Waals surface area contributed by atoms with E-state index in [1.165, 1.54) is 11.3 Å². The maximum atomic E-state index is 12.5. The van der Waals surface area contributed by atoms with E-state index in [0.717, 1.165) is 22.4 Å². The third kappa shape index (κ3) is 3.67. The number of aliphatic hydroxyl groups excluding tert-OH is 1. The van der Waals surface area contributed by atoms with Gasteiger partial charge in [0.1, 0.15) is 0 Å².